The zero-order valence-electron chi connectivity index (χ0n) is 10.3. The van der Waals surface area contributed by atoms with E-state index in [1.54, 1.807) is 0 Å². The molecule has 2 aliphatic rings. The molecule has 0 aromatic heterocycles. The van der Waals surface area contributed by atoms with Crippen molar-refractivity contribution in [3.05, 3.63) is 0 Å². The average molecular weight is 212 g/mol. The molecule has 3 heteroatoms. The summed E-state index contributed by atoms with van der Waals surface area (Å²) in [6.07, 6.45) is 3.82. The molecule has 2 saturated heterocycles. The number of nitrogens with one attached hydrogen (secondary N) is 1. The SMILES string of the molecule is CCN1CCCC1CC1(C)NC(C)CO1. The van der Waals surface area contributed by atoms with Crippen LogP contribution in [0, 0.1) is 0 Å². The van der Waals surface area contributed by atoms with E-state index in [2.05, 4.69) is 31.0 Å². The molecule has 2 aliphatic heterocycles. The molecule has 3 nitrogen and oxygen atoms in total. The maximum absolute atomic E-state index is 5.87. The first-order valence-electron chi connectivity index (χ1n) is 6.28. The van der Waals surface area contributed by atoms with E-state index in [1.807, 2.05) is 0 Å². The Morgan fingerprint density at radius 3 is 2.93 bits per heavy atom. The van der Waals surface area contributed by atoms with Crippen molar-refractivity contribution in [2.45, 2.75) is 57.8 Å². The van der Waals surface area contributed by atoms with Crippen molar-refractivity contribution in [2.75, 3.05) is 19.7 Å². The van der Waals surface area contributed by atoms with Crippen LogP contribution in [0.3, 0.4) is 0 Å². The molecule has 0 spiro atoms. The second kappa shape index (κ2) is 4.40. The van der Waals surface area contributed by atoms with Crippen LogP contribution < -0.4 is 5.32 Å². The van der Waals surface area contributed by atoms with Crippen LogP contribution in [0.4, 0.5) is 0 Å². The van der Waals surface area contributed by atoms with Crippen molar-refractivity contribution in [1.29, 1.82) is 0 Å². The fourth-order valence-electron chi connectivity index (χ4n) is 3.02. The number of rotatable bonds is 3. The molecule has 88 valence electrons. The first-order chi connectivity index (χ1) is 7.13. The Labute approximate surface area is 93.2 Å². The van der Waals surface area contributed by atoms with Gasteiger partial charge in [0, 0.05) is 18.5 Å². The standard InChI is InChI=1S/C12H24N2O/c1-4-14-7-5-6-11(14)8-12(3)13-10(2)9-15-12/h10-11,13H,4-9H2,1-3H3. The molecular weight excluding hydrogens is 188 g/mol. The van der Waals surface area contributed by atoms with Gasteiger partial charge in [0.1, 0.15) is 5.72 Å². The van der Waals surface area contributed by atoms with Gasteiger partial charge in [-0.3, -0.25) is 5.32 Å². The van der Waals surface area contributed by atoms with Crippen molar-refractivity contribution in [3.8, 4) is 0 Å². The van der Waals surface area contributed by atoms with E-state index in [-0.39, 0.29) is 5.72 Å². The predicted octanol–water partition coefficient (Wildman–Crippen LogP) is 1.59. The van der Waals surface area contributed by atoms with E-state index < -0.39 is 0 Å². The molecule has 0 aromatic rings. The van der Waals surface area contributed by atoms with E-state index in [4.69, 9.17) is 4.74 Å². The molecule has 2 rings (SSSR count). The molecule has 0 saturated carbocycles. The van der Waals surface area contributed by atoms with E-state index in [1.165, 1.54) is 25.9 Å². The third-order valence-electron chi connectivity index (χ3n) is 3.73. The predicted molar refractivity (Wildman–Crippen MR) is 61.8 cm³/mol. The topological polar surface area (TPSA) is 24.5 Å². The second-order valence-corrected chi connectivity index (χ2v) is 5.22. The molecular formula is C12H24N2O. The highest BCUT2D eigenvalue weighted by Crippen LogP contribution is 2.28. The van der Waals surface area contributed by atoms with Gasteiger partial charge in [-0.15, -0.1) is 0 Å². The molecule has 2 fully saturated rings. The summed E-state index contributed by atoms with van der Waals surface area (Å²) in [5.41, 5.74) is -0.0815. The Morgan fingerprint density at radius 1 is 1.53 bits per heavy atom. The van der Waals surface area contributed by atoms with Gasteiger partial charge in [-0.1, -0.05) is 6.92 Å². The summed E-state index contributed by atoms with van der Waals surface area (Å²) >= 11 is 0. The number of hydrogen-bond donors (Lipinski definition) is 1. The summed E-state index contributed by atoms with van der Waals surface area (Å²) in [5.74, 6) is 0. The van der Waals surface area contributed by atoms with Gasteiger partial charge in [-0.25, -0.2) is 0 Å². The second-order valence-electron chi connectivity index (χ2n) is 5.22. The van der Waals surface area contributed by atoms with Crippen LogP contribution in [0.2, 0.25) is 0 Å². The van der Waals surface area contributed by atoms with Crippen LogP contribution in [0.15, 0.2) is 0 Å². The van der Waals surface area contributed by atoms with Crippen LogP contribution in [0.25, 0.3) is 0 Å². The Balaban J connectivity index is 1.90. The molecule has 0 aromatic carbocycles. The maximum Gasteiger partial charge on any atom is 0.118 e. The molecule has 2 heterocycles. The van der Waals surface area contributed by atoms with Crippen LogP contribution in [0.1, 0.15) is 40.0 Å². The zero-order valence-corrected chi connectivity index (χ0v) is 10.3. The summed E-state index contributed by atoms with van der Waals surface area (Å²) in [6, 6.07) is 1.23. The summed E-state index contributed by atoms with van der Waals surface area (Å²) in [5, 5.41) is 3.55. The molecule has 0 amide bonds. The lowest BCUT2D eigenvalue weighted by atomic mass is 10.0. The summed E-state index contributed by atoms with van der Waals surface area (Å²) in [7, 11) is 0. The number of hydrogen-bond acceptors (Lipinski definition) is 3. The number of ether oxygens (including phenoxy) is 1. The molecule has 3 atom stereocenters. The van der Waals surface area contributed by atoms with Crippen LogP contribution in [-0.4, -0.2) is 42.4 Å². The summed E-state index contributed by atoms with van der Waals surface area (Å²) in [6.45, 7) is 9.95. The highest BCUT2D eigenvalue weighted by molar-refractivity contribution is 4.90. The quantitative estimate of drug-likeness (QED) is 0.769. The van der Waals surface area contributed by atoms with Gasteiger partial charge in [0.2, 0.25) is 0 Å². The van der Waals surface area contributed by atoms with Crippen molar-refractivity contribution >= 4 is 0 Å². The monoisotopic (exact) mass is 212 g/mol. The van der Waals surface area contributed by atoms with Gasteiger partial charge in [0.15, 0.2) is 0 Å². The van der Waals surface area contributed by atoms with Crippen LogP contribution in [-0.2, 0) is 4.74 Å². The molecule has 0 aliphatic carbocycles. The maximum atomic E-state index is 5.87. The lowest BCUT2D eigenvalue weighted by Gasteiger charge is -2.31. The van der Waals surface area contributed by atoms with Gasteiger partial charge < -0.3 is 9.64 Å². The van der Waals surface area contributed by atoms with E-state index in [9.17, 15) is 0 Å². The number of nitrogens with zero attached hydrogens (tertiary/aromatic N) is 1. The van der Waals surface area contributed by atoms with Crippen molar-refractivity contribution in [2.24, 2.45) is 0 Å². The lowest BCUT2D eigenvalue weighted by molar-refractivity contribution is -0.0174. The molecule has 0 radical (unpaired) electrons. The van der Waals surface area contributed by atoms with E-state index >= 15 is 0 Å². The lowest BCUT2D eigenvalue weighted by Crippen LogP contribution is -2.46. The fourth-order valence-corrected chi connectivity index (χ4v) is 3.02. The first-order valence-corrected chi connectivity index (χ1v) is 6.28. The highest BCUT2D eigenvalue weighted by atomic mass is 16.5. The molecule has 15 heavy (non-hydrogen) atoms. The van der Waals surface area contributed by atoms with Crippen molar-refractivity contribution in [3.63, 3.8) is 0 Å². The largest absolute Gasteiger partial charge is 0.359 e. The minimum Gasteiger partial charge on any atom is -0.359 e. The van der Waals surface area contributed by atoms with Gasteiger partial charge in [-0.05, 0) is 39.8 Å². The minimum absolute atomic E-state index is 0.0815. The van der Waals surface area contributed by atoms with Crippen molar-refractivity contribution < 1.29 is 4.74 Å². The normalized spacial score (nSPS) is 42.6. The molecule has 3 unspecified atom stereocenters. The molecule has 0 bridgehead atoms. The van der Waals surface area contributed by atoms with Crippen LogP contribution >= 0.6 is 0 Å². The average Bonchev–Trinajstić information content (AvgIpc) is 2.74. The van der Waals surface area contributed by atoms with Gasteiger partial charge in [0.05, 0.1) is 6.61 Å². The van der Waals surface area contributed by atoms with Crippen LogP contribution in [0.5, 0.6) is 0 Å². The first kappa shape index (κ1) is 11.4. The fraction of sp³-hybridized carbons (Fsp3) is 1.00. The van der Waals surface area contributed by atoms with E-state index in [0.29, 0.717) is 6.04 Å². The Hall–Kier alpha value is -0.120. The van der Waals surface area contributed by atoms with Crippen molar-refractivity contribution in [1.82, 2.24) is 10.2 Å². The third kappa shape index (κ3) is 2.52. The number of likely N-dealkylation sites (tertiary alicyclic amines) is 1. The minimum atomic E-state index is -0.0815. The highest BCUT2D eigenvalue weighted by Gasteiger charge is 2.38. The Bertz CT molecular complexity index is 222. The third-order valence-corrected chi connectivity index (χ3v) is 3.73. The Kier molecular flexibility index (Phi) is 3.33. The molecule has 1 N–H and O–H groups in total. The smallest absolute Gasteiger partial charge is 0.118 e. The van der Waals surface area contributed by atoms with Gasteiger partial charge in [0.25, 0.3) is 0 Å². The summed E-state index contributed by atoms with van der Waals surface area (Å²) < 4.78 is 5.87. The van der Waals surface area contributed by atoms with Gasteiger partial charge >= 0.3 is 0 Å². The zero-order chi connectivity index (χ0) is 10.9. The van der Waals surface area contributed by atoms with E-state index in [0.717, 1.165) is 19.1 Å². The Morgan fingerprint density at radius 2 is 2.33 bits per heavy atom. The summed E-state index contributed by atoms with van der Waals surface area (Å²) in [4.78, 5) is 2.58. The van der Waals surface area contributed by atoms with Gasteiger partial charge in [-0.2, -0.15) is 0 Å².